The molecule has 1 aromatic heterocycles. The first-order chi connectivity index (χ1) is 14.2. The molecule has 13 heteroatoms. The van der Waals surface area contributed by atoms with E-state index in [-0.39, 0.29) is 18.2 Å². The molecular weight excluding hydrogens is 440 g/mol. The molecule has 3 rings (SSSR count). The molecule has 0 radical (unpaired) electrons. The van der Waals surface area contributed by atoms with Crippen molar-refractivity contribution in [3.05, 3.63) is 17.5 Å². The van der Waals surface area contributed by atoms with Crippen LogP contribution in [0.3, 0.4) is 0 Å². The van der Waals surface area contributed by atoms with Crippen LogP contribution in [0.4, 0.5) is 41.1 Å². The van der Waals surface area contributed by atoms with Gasteiger partial charge in [0, 0.05) is 37.3 Å². The van der Waals surface area contributed by atoms with Crippen molar-refractivity contribution in [3.63, 3.8) is 0 Å². The van der Waals surface area contributed by atoms with Crippen molar-refractivity contribution in [2.75, 3.05) is 5.32 Å². The van der Waals surface area contributed by atoms with Crippen LogP contribution in [0, 0.1) is 5.92 Å². The zero-order valence-corrected chi connectivity index (χ0v) is 16.3. The van der Waals surface area contributed by atoms with Crippen molar-refractivity contribution in [2.45, 2.75) is 75.6 Å². The molecule has 0 aliphatic heterocycles. The molecular formula is C18H20F8N4O. The van der Waals surface area contributed by atoms with E-state index in [1.165, 1.54) is 0 Å². The zero-order valence-electron chi connectivity index (χ0n) is 16.3. The third-order valence-corrected chi connectivity index (χ3v) is 5.37. The molecule has 0 unspecified atom stereocenters. The molecule has 2 N–H and O–H groups in total. The SMILES string of the molecule is C[C@H](CCc1nc(NC2CC(F)(F)C2)nc(C2=C(F)[C@@H](O)C(F)(F)CC2)n1)C(F)(F)F. The van der Waals surface area contributed by atoms with Gasteiger partial charge in [-0.15, -0.1) is 0 Å². The van der Waals surface area contributed by atoms with Gasteiger partial charge in [0.25, 0.3) is 11.8 Å². The van der Waals surface area contributed by atoms with Crippen LogP contribution < -0.4 is 5.32 Å². The number of allylic oxidation sites excluding steroid dienone is 1. The van der Waals surface area contributed by atoms with Crippen molar-refractivity contribution < 1.29 is 40.2 Å². The van der Waals surface area contributed by atoms with E-state index in [9.17, 15) is 40.2 Å². The van der Waals surface area contributed by atoms with E-state index in [0.29, 0.717) is 0 Å². The van der Waals surface area contributed by atoms with Crippen LogP contribution in [0.15, 0.2) is 5.83 Å². The van der Waals surface area contributed by atoms with Crippen molar-refractivity contribution in [1.82, 2.24) is 15.0 Å². The predicted octanol–water partition coefficient (Wildman–Crippen LogP) is 4.68. The summed E-state index contributed by atoms with van der Waals surface area (Å²) >= 11 is 0. The van der Waals surface area contributed by atoms with Gasteiger partial charge in [0.05, 0.1) is 5.92 Å². The molecule has 0 aromatic carbocycles. The second-order valence-corrected chi connectivity index (χ2v) is 7.98. The standard InChI is InChI=1S/C18H20F8N4O/c1-8(18(24,25)26)2-3-11-28-14(10-4-5-17(22,23)13(31)12(10)19)30-15(29-11)27-9-6-16(20,21)7-9/h8-9,13,31H,2-7H2,1H3,(H,27,28,29,30)/t8-,13-/m1/s1. The number of rotatable bonds is 6. The summed E-state index contributed by atoms with van der Waals surface area (Å²) in [6.45, 7) is 0.958. The fraction of sp³-hybridized carbons (Fsp3) is 0.722. The normalized spacial score (nSPS) is 24.6. The lowest BCUT2D eigenvalue weighted by Crippen LogP contribution is -2.44. The number of hydrogen-bond acceptors (Lipinski definition) is 5. The largest absolute Gasteiger partial charge is 0.391 e. The Morgan fingerprint density at radius 3 is 2.35 bits per heavy atom. The number of halogens is 8. The number of aliphatic hydroxyl groups excluding tert-OH is 1. The molecule has 2 atom stereocenters. The van der Waals surface area contributed by atoms with Crippen LogP contribution in [0.25, 0.3) is 5.57 Å². The van der Waals surface area contributed by atoms with Gasteiger partial charge < -0.3 is 10.4 Å². The van der Waals surface area contributed by atoms with E-state index < -0.39 is 85.4 Å². The van der Waals surface area contributed by atoms with E-state index >= 15 is 0 Å². The summed E-state index contributed by atoms with van der Waals surface area (Å²) in [4.78, 5) is 11.7. The number of nitrogens with one attached hydrogen (secondary N) is 1. The van der Waals surface area contributed by atoms with Gasteiger partial charge in [-0.1, -0.05) is 6.92 Å². The van der Waals surface area contributed by atoms with Crippen LogP contribution in [0.1, 0.15) is 50.7 Å². The van der Waals surface area contributed by atoms with Gasteiger partial charge in [-0.05, 0) is 12.8 Å². The lowest BCUT2D eigenvalue weighted by molar-refractivity contribution is -0.171. The van der Waals surface area contributed by atoms with Crippen molar-refractivity contribution >= 4 is 11.5 Å². The second kappa shape index (κ2) is 8.14. The third-order valence-electron chi connectivity index (χ3n) is 5.37. The Labute approximate surface area is 172 Å². The number of aromatic nitrogens is 3. The smallest absolute Gasteiger partial charge is 0.380 e. The summed E-state index contributed by atoms with van der Waals surface area (Å²) in [5, 5.41) is 12.1. The van der Waals surface area contributed by atoms with Gasteiger partial charge in [-0.25, -0.2) is 26.9 Å². The van der Waals surface area contributed by atoms with Gasteiger partial charge in [0.1, 0.15) is 11.7 Å². The molecule has 1 aromatic rings. The number of aryl methyl sites for hydroxylation is 1. The highest BCUT2D eigenvalue weighted by Gasteiger charge is 2.47. The average Bonchev–Trinajstić information content (AvgIpc) is 2.62. The molecule has 0 amide bonds. The monoisotopic (exact) mass is 460 g/mol. The van der Waals surface area contributed by atoms with Gasteiger partial charge >= 0.3 is 6.18 Å². The summed E-state index contributed by atoms with van der Waals surface area (Å²) < 4.78 is 106. The minimum Gasteiger partial charge on any atom is -0.380 e. The maximum absolute atomic E-state index is 14.4. The molecule has 2 aliphatic carbocycles. The topological polar surface area (TPSA) is 70.9 Å². The number of alkyl halides is 7. The Bertz CT molecular complexity index is 849. The van der Waals surface area contributed by atoms with Crippen LogP contribution >= 0.6 is 0 Å². The minimum absolute atomic E-state index is 0.179. The van der Waals surface area contributed by atoms with Crippen LogP contribution in [-0.4, -0.2) is 50.2 Å². The van der Waals surface area contributed by atoms with E-state index in [1.807, 2.05) is 0 Å². The Balaban J connectivity index is 1.89. The van der Waals surface area contributed by atoms with Crippen LogP contribution in [0.5, 0.6) is 0 Å². The summed E-state index contributed by atoms with van der Waals surface area (Å²) in [5.41, 5.74) is -0.423. The fourth-order valence-electron chi connectivity index (χ4n) is 3.30. The zero-order chi connectivity index (χ0) is 23.2. The first-order valence-electron chi connectivity index (χ1n) is 9.59. The van der Waals surface area contributed by atoms with Crippen molar-refractivity contribution in [3.8, 4) is 0 Å². The quantitative estimate of drug-likeness (QED) is 0.604. The van der Waals surface area contributed by atoms with Gasteiger partial charge in [0.2, 0.25) is 5.95 Å². The van der Waals surface area contributed by atoms with Crippen molar-refractivity contribution in [2.24, 2.45) is 5.92 Å². The second-order valence-electron chi connectivity index (χ2n) is 7.98. The number of hydrogen-bond donors (Lipinski definition) is 2. The van der Waals surface area contributed by atoms with Gasteiger partial charge in [0.15, 0.2) is 11.9 Å². The summed E-state index contributed by atoms with van der Waals surface area (Å²) in [5.74, 6) is -10.7. The summed E-state index contributed by atoms with van der Waals surface area (Å²) in [6.07, 6.45) is -10.3. The van der Waals surface area contributed by atoms with Crippen LogP contribution in [-0.2, 0) is 6.42 Å². The molecule has 31 heavy (non-hydrogen) atoms. The summed E-state index contributed by atoms with van der Waals surface area (Å²) in [6, 6.07) is -0.715. The van der Waals surface area contributed by atoms with E-state index in [1.54, 1.807) is 0 Å². The molecule has 0 saturated heterocycles. The third kappa shape index (κ3) is 5.42. The lowest BCUT2D eigenvalue weighted by atomic mass is 9.88. The van der Waals surface area contributed by atoms with Crippen molar-refractivity contribution in [1.29, 1.82) is 0 Å². The first-order valence-corrected chi connectivity index (χ1v) is 9.59. The molecule has 1 saturated carbocycles. The number of anilines is 1. The molecule has 174 valence electrons. The Morgan fingerprint density at radius 1 is 1.13 bits per heavy atom. The highest BCUT2D eigenvalue weighted by Crippen LogP contribution is 2.42. The molecule has 5 nitrogen and oxygen atoms in total. The molecule has 2 aliphatic rings. The maximum atomic E-state index is 14.4. The molecule has 0 bridgehead atoms. The minimum atomic E-state index is -4.46. The average molecular weight is 460 g/mol. The highest BCUT2D eigenvalue weighted by molar-refractivity contribution is 5.65. The number of aliphatic hydroxyl groups is 1. The van der Waals surface area contributed by atoms with E-state index in [0.717, 1.165) is 6.92 Å². The van der Waals surface area contributed by atoms with Gasteiger partial charge in [-0.2, -0.15) is 23.1 Å². The molecule has 1 fully saturated rings. The molecule has 0 spiro atoms. The predicted molar refractivity (Wildman–Crippen MR) is 93.2 cm³/mol. The Kier molecular flexibility index (Phi) is 6.20. The van der Waals surface area contributed by atoms with Gasteiger partial charge in [-0.3, -0.25) is 0 Å². The lowest BCUT2D eigenvalue weighted by Gasteiger charge is -2.35. The Morgan fingerprint density at radius 2 is 1.77 bits per heavy atom. The highest BCUT2D eigenvalue weighted by atomic mass is 19.4. The first kappa shape index (κ1) is 23.6. The molecule has 1 heterocycles. The Hall–Kier alpha value is -2.05. The number of nitrogens with zero attached hydrogens (tertiary/aromatic N) is 3. The maximum Gasteiger partial charge on any atom is 0.391 e. The van der Waals surface area contributed by atoms with E-state index in [4.69, 9.17) is 0 Å². The van der Waals surface area contributed by atoms with E-state index in [2.05, 4.69) is 20.3 Å². The fourth-order valence-corrected chi connectivity index (χ4v) is 3.30. The summed E-state index contributed by atoms with van der Waals surface area (Å²) in [7, 11) is 0. The van der Waals surface area contributed by atoms with Crippen LogP contribution in [0.2, 0.25) is 0 Å².